The summed E-state index contributed by atoms with van der Waals surface area (Å²) in [6, 6.07) is 13.1. The van der Waals surface area contributed by atoms with Crippen molar-refractivity contribution in [3.05, 3.63) is 69.2 Å². The molecule has 0 unspecified atom stereocenters. The van der Waals surface area contributed by atoms with Gasteiger partial charge in [-0.1, -0.05) is 23.9 Å². The molecule has 0 aliphatic heterocycles. The van der Waals surface area contributed by atoms with Crippen molar-refractivity contribution in [1.29, 1.82) is 0 Å². The number of aromatic amines is 1. The van der Waals surface area contributed by atoms with Gasteiger partial charge >= 0.3 is 0 Å². The minimum atomic E-state index is -0.104. The number of thioether (sulfide) groups is 1. The number of rotatable bonds is 3. The Bertz CT molecular complexity index is 1340. The number of hydrogen-bond acceptors (Lipinski definition) is 5. The predicted octanol–water partition coefficient (Wildman–Crippen LogP) is 3.27. The molecular formula is C17H11BrN6OS. The van der Waals surface area contributed by atoms with E-state index in [0.717, 1.165) is 20.7 Å². The summed E-state index contributed by atoms with van der Waals surface area (Å²) in [5, 5.41) is 8.07. The van der Waals surface area contributed by atoms with Crippen molar-refractivity contribution < 1.29 is 0 Å². The van der Waals surface area contributed by atoms with Crippen LogP contribution < -0.4 is 5.56 Å². The van der Waals surface area contributed by atoms with Crippen molar-refractivity contribution >= 4 is 50.2 Å². The number of fused-ring (bicyclic) bond motifs is 4. The summed E-state index contributed by atoms with van der Waals surface area (Å²) in [6.45, 7) is 0. The van der Waals surface area contributed by atoms with Crippen LogP contribution >= 0.6 is 27.7 Å². The lowest BCUT2D eigenvalue weighted by molar-refractivity contribution is 0.937. The molecule has 0 saturated carbocycles. The van der Waals surface area contributed by atoms with E-state index in [0.29, 0.717) is 22.9 Å². The summed E-state index contributed by atoms with van der Waals surface area (Å²) >= 11 is 4.88. The zero-order valence-corrected chi connectivity index (χ0v) is 15.7. The van der Waals surface area contributed by atoms with Gasteiger partial charge in [-0.25, -0.2) is 15.1 Å². The molecule has 0 bridgehead atoms. The molecule has 0 amide bonds. The normalized spacial score (nSPS) is 11.7. The highest BCUT2D eigenvalue weighted by atomic mass is 79.9. The molecule has 0 radical (unpaired) electrons. The Kier molecular flexibility index (Phi) is 3.57. The number of nitrogens with zero attached hydrogens (tertiary/aromatic N) is 5. The van der Waals surface area contributed by atoms with E-state index in [9.17, 15) is 4.79 Å². The molecule has 4 heterocycles. The maximum Gasteiger partial charge on any atom is 0.258 e. The first-order chi connectivity index (χ1) is 12.7. The highest BCUT2D eigenvalue weighted by molar-refractivity contribution is 9.10. The molecule has 0 fully saturated rings. The highest BCUT2D eigenvalue weighted by Crippen LogP contribution is 2.25. The fourth-order valence-corrected chi connectivity index (χ4v) is 4.06. The lowest BCUT2D eigenvalue weighted by Gasteiger charge is -2.04. The lowest BCUT2D eigenvalue weighted by Crippen LogP contribution is -2.15. The van der Waals surface area contributed by atoms with Crippen LogP contribution in [0.1, 0.15) is 5.69 Å². The van der Waals surface area contributed by atoms with Crippen LogP contribution in [-0.2, 0) is 5.75 Å². The second-order valence-corrected chi connectivity index (χ2v) is 7.57. The smallest absolute Gasteiger partial charge is 0.258 e. The minimum Gasteiger partial charge on any atom is -0.269 e. The number of nitrogens with one attached hydrogen (secondary N) is 1. The van der Waals surface area contributed by atoms with Crippen LogP contribution in [0.2, 0.25) is 0 Å². The molecule has 5 aromatic rings. The average Bonchev–Trinajstić information content (AvgIpc) is 3.20. The maximum absolute atomic E-state index is 12.3. The van der Waals surface area contributed by atoms with E-state index in [2.05, 4.69) is 36.1 Å². The van der Waals surface area contributed by atoms with Gasteiger partial charge in [-0.15, -0.1) is 5.10 Å². The number of imidazole rings is 1. The van der Waals surface area contributed by atoms with Crippen molar-refractivity contribution in [3.63, 3.8) is 0 Å². The Hall–Kier alpha value is -2.65. The molecule has 0 spiro atoms. The van der Waals surface area contributed by atoms with Gasteiger partial charge in [-0.3, -0.25) is 13.6 Å². The van der Waals surface area contributed by atoms with E-state index < -0.39 is 0 Å². The van der Waals surface area contributed by atoms with E-state index in [1.807, 2.05) is 40.8 Å². The molecule has 0 atom stereocenters. The number of benzene rings is 1. The Balaban J connectivity index is 1.51. The van der Waals surface area contributed by atoms with Crippen molar-refractivity contribution in [2.45, 2.75) is 10.9 Å². The van der Waals surface area contributed by atoms with Gasteiger partial charge in [0.1, 0.15) is 5.65 Å². The van der Waals surface area contributed by atoms with Crippen molar-refractivity contribution in [2.24, 2.45) is 0 Å². The summed E-state index contributed by atoms with van der Waals surface area (Å²) in [6.07, 6.45) is 1.72. The fourth-order valence-electron chi connectivity index (χ4n) is 2.88. The molecule has 26 heavy (non-hydrogen) atoms. The van der Waals surface area contributed by atoms with Crippen LogP contribution in [0.5, 0.6) is 0 Å². The van der Waals surface area contributed by atoms with Gasteiger partial charge in [0.25, 0.3) is 5.56 Å². The van der Waals surface area contributed by atoms with Crippen molar-refractivity contribution in [2.75, 3.05) is 0 Å². The first-order valence-electron chi connectivity index (χ1n) is 7.81. The number of hydrogen-bond donors (Lipinski definition) is 1. The molecule has 0 saturated heterocycles. The van der Waals surface area contributed by atoms with Crippen molar-refractivity contribution in [1.82, 2.24) is 29.0 Å². The first kappa shape index (κ1) is 15.6. The van der Waals surface area contributed by atoms with Crippen molar-refractivity contribution in [3.8, 4) is 0 Å². The first-order valence-corrected chi connectivity index (χ1v) is 9.59. The van der Waals surface area contributed by atoms with E-state index >= 15 is 0 Å². The molecule has 1 N–H and O–H groups in total. The van der Waals surface area contributed by atoms with Crippen LogP contribution in [0.25, 0.3) is 22.5 Å². The van der Waals surface area contributed by atoms with Gasteiger partial charge in [0.05, 0.1) is 16.7 Å². The van der Waals surface area contributed by atoms with E-state index in [1.165, 1.54) is 16.2 Å². The Morgan fingerprint density at radius 1 is 1.15 bits per heavy atom. The van der Waals surface area contributed by atoms with Crippen LogP contribution in [0.4, 0.5) is 0 Å². The summed E-state index contributed by atoms with van der Waals surface area (Å²) in [5.74, 6) is 1.24. The third kappa shape index (κ3) is 2.51. The summed E-state index contributed by atoms with van der Waals surface area (Å²) in [4.78, 5) is 21.4. The molecule has 7 nitrogen and oxygen atoms in total. The third-order valence-electron chi connectivity index (χ3n) is 4.03. The number of pyridine rings is 1. The Morgan fingerprint density at radius 2 is 2.04 bits per heavy atom. The molecule has 0 aliphatic carbocycles. The number of H-pyrrole nitrogens is 1. The van der Waals surface area contributed by atoms with Gasteiger partial charge < -0.3 is 0 Å². The van der Waals surface area contributed by atoms with Gasteiger partial charge in [-0.2, -0.15) is 0 Å². The zero-order valence-electron chi connectivity index (χ0n) is 13.3. The maximum atomic E-state index is 12.3. The predicted molar refractivity (Wildman–Crippen MR) is 104 cm³/mol. The lowest BCUT2D eigenvalue weighted by atomic mass is 10.3. The third-order valence-corrected chi connectivity index (χ3v) is 5.47. The molecule has 5 rings (SSSR count). The Labute approximate surface area is 159 Å². The van der Waals surface area contributed by atoms with E-state index in [1.54, 1.807) is 12.3 Å². The monoisotopic (exact) mass is 426 g/mol. The van der Waals surface area contributed by atoms with Crippen LogP contribution in [0.3, 0.4) is 0 Å². The molecule has 0 aliphatic rings. The molecule has 4 aromatic heterocycles. The summed E-state index contributed by atoms with van der Waals surface area (Å²) < 4.78 is 4.33. The average molecular weight is 427 g/mol. The molecular weight excluding hydrogens is 416 g/mol. The second kappa shape index (κ2) is 5.96. The summed E-state index contributed by atoms with van der Waals surface area (Å²) in [7, 11) is 0. The van der Waals surface area contributed by atoms with Gasteiger partial charge in [0.2, 0.25) is 5.78 Å². The molecule has 128 valence electrons. The van der Waals surface area contributed by atoms with E-state index in [4.69, 9.17) is 0 Å². The van der Waals surface area contributed by atoms with Crippen LogP contribution in [0.15, 0.2) is 63.1 Å². The van der Waals surface area contributed by atoms with Gasteiger partial charge in [-0.05, 0) is 40.2 Å². The fraction of sp³-hybridized carbons (Fsp3) is 0.0588. The standard InChI is InChI=1S/C17H11BrN6OS/c18-10-5-6-14-19-11(7-15(25)23(14)8-10)9-26-17-22-21-16-20-12-3-1-2-4-13(12)24(16)17/h1-8H,9H2,(H,20,21). The van der Waals surface area contributed by atoms with Crippen LogP contribution in [0, 0.1) is 0 Å². The quantitative estimate of drug-likeness (QED) is 0.447. The van der Waals surface area contributed by atoms with Gasteiger partial charge in [0.15, 0.2) is 5.16 Å². The Morgan fingerprint density at radius 3 is 2.96 bits per heavy atom. The topological polar surface area (TPSA) is 80.3 Å². The second-order valence-electron chi connectivity index (χ2n) is 5.72. The number of aromatic nitrogens is 6. The van der Waals surface area contributed by atoms with Crippen LogP contribution in [-0.4, -0.2) is 29.0 Å². The zero-order chi connectivity index (χ0) is 17.7. The SMILES string of the molecule is O=c1cc(CSc2n[nH]c3nc4ccccc4n23)nc2ccc(Br)cn12. The molecule has 9 heteroatoms. The molecule has 1 aromatic carbocycles. The van der Waals surface area contributed by atoms with E-state index in [-0.39, 0.29) is 5.56 Å². The minimum absolute atomic E-state index is 0.104. The number of para-hydroxylation sites is 2. The largest absolute Gasteiger partial charge is 0.269 e. The number of halogens is 1. The highest BCUT2D eigenvalue weighted by Gasteiger charge is 2.12. The van der Waals surface area contributed by atoms with Gasteiger partial charge in [0, 0.05) is 22.5 Å². The summed E-state index contributed by atoms with van der Waals surface area (Å²) in [5.41, 5.74) is 3.14.